The number of carbonyl (C=O) groups is 2. The summed E-state index contributed by atoms with van der Waals surface area (Å²) in [6.45, 7) is 0. The first-order valence-electron chi connectivity index (χ1n) is 9.98. The quantitative estimate of drug-likeness (QED) is 0.418. The van der Waals surface area contributed by atoms with Crippen molar-refractivity contribution in [2.45, 2.75) is 6.42 Å². The van der Waals surface area contributed by atoms with Crippen LogP contribution in [0.3, 0.4) is 0 Å². The second kappa shape index (κ2) is 9.09. The number of para-hydroxylation sites is 1. The number of aromatic carboxylic acids is 1. The highest BCUT2D eigenvalue weighted by Gasteiger charge is 2.18. The Morgan fingerprint density at radius 3 is 1.90 bits per heavy atom. The summed E-state index contributed by atoms with van der Waals surface area (Å²) in [4.78, 5) is 24.9. The lowest BCUT2D eigenvalue weighted by Gasteiger charge is -2.14. The van der Waals surface area contributed by atoms with Crippen molar-refractivity contribution in [3.05, 3.63) is 125 Å². The summed E-state index contributed by atoms with van der Waals surface area (Å²) < 4.78 is 0. The van der Waals surface area contributed by atoms with Crippen molar-refractivity contribution >= 4 is 17.6 Å². The van der Waals surface area contributed by atoms with E-state index in [-0.39, 0.29) is 11.5 Å². The Morgan fingerprint density at radius 1 is 0.645 bits per heavy atom. The number of nitrogens with one attached hydrogen (secondary N) is 1. The molecule has 0 heterocycles. The molecule has 0 aromatic heterocycles. The Labute approximate surface area is 180 Å². The van der Waals surface area contributed by atoms with Crippen LogP contribution in [0.15, 0.2) is 103 Å². The molecular weight excluding hydrogens is 386 g/mol. The summed E-state index contributed by atoms with van der Waals surface area (Å²) in [5.41, 5.74) is 4.57. The van der Waals surface area contributed by atoms with Gasteiger partial charge in [-0.1, -0.05) is 84.9 Å². The van der Waals surface area contributed by atoms with E-state index < -0.39 is 5.97 Å². The van der Waals surface area contributed by atoms with E-state index in [1.807, 2.05) is 42.5 Å². The third kappa shape index (κ3) is 4.54. The number of carbonyl (C=O) groups excluding carboxylic acids is 1. The van der Waals surface area contributed by atoms with E-state index in [9.17, 15) is 14.7 Å². The number of carboxylic acids is 1. The minimum atomic E-state index is -1.03. The minimum absolute atomic E-state index is 0.159. The van der Waals surface area contributed by atoms with Crippen LogP contribution in [0, 0.1) is 0 Å². The summed E-state index contributed by atoms with van der Waals surface area (Å²) in [6, 6.07) is 31.5. The molecule has 0 spiro atoms. The molecule has 4 aromatic rings. The third-order valence-electron chi connectivity index (χ3n) is 5.12. The van der Waals surface area contributed by atoms with Gasteiger partial charge in [0.1, 0.15) is 0 Å². The number of amides is 1. The van der Waals surface area contributed by atoms with Crippen LogP contribution in [0.5, 0.6) is 0 Å². The molecule has 4 heteroatoms. The fourth-order valence-corrected chi connectivity index (χ4v) is 3.62. The number of rotatable bonds is 6. The number of benzene rings is 4. The zero-order valence-corrected chi connectivity index (χ0v) is 16.8. The second-order valence-corrected chi connectivity index (χ2v) is 7.17. The van der Waals surface area contributed by atoms with Crippen LogP contribution in [0.1, 0.15) is 31.8 Å². The van der Waals surface area contributed by atoms with Crippen LogP contribution in [-0.4, -0.2) is 17.0 Å². The Bertz CT molecular complexity index is 1230. The van der Waals surface area contributed by atoms with Gasteiger partial charge in [-0.3, -0.25) is 4.79 Å². The molecule has 0 radical (unpaired) electrons. The van der Waals surface area contributed by atoms with Gasteiger partial charge in [-0.15, -0.1) is 0 Å². The molecule has 4 nitrogen and oxygen atoms in total. The van der Waals surface area contributed by atoms with E-state index in [0.717, 1.165) is 16.8 Å². The van der Waals surface area contributed by atoms with Crippen molar-refractivity contribution in [2.24, 2.45) is 0 Å². The molecule has 0 fully saturated rings. The number of carboxylic acid groups (broad SMARTS) is 1. The van der Waals surface area contributed by atoms with Gasteiger partial charge in [0, 0.05) is 11.3 Å². The van der Waals surface area contributed by atoms with Gasteiger partial charge in [0.25, 0.3) is 5.91 Å². The van der Waals surface area contributed by atoms with Crippen LogP contribution in [0.2, 0.25) is 0 Å². The molecule has 152 valence electrons. The predicted octanol–water partition coefficient (Wildman–Crippen LogP) is 5.89. The molecule has 0 saturated heterocycles. The zero-order chi connectivity index (χ0) is 21.6. The summed E-state index contributed by atoms with van der Waals surface area (Å²) in [6.07, 6.45) is 0.695. The van der Waals surface area contributed by atoms with E-state index in [0.29, 0.717) is 23.1 Å². The molecule has 31 heavy (non-hydrogen) atoms. The maximum atomic E-state index is 13.2. The Kier molecular flexibility index (Phi) is 5.90. The van der Waals surface area contributed by atoms with E-state index >= 15 is 0 Å². The highest BCUT2D eigenvalue weighted by Crippen LogP contribution is 2.28. The topological polar surface area (TPSA) is 66.4 Å². The monoisotopic (exact) mass is 407 g/mol. The fourth-order valence-electron chi connectivity index (χ4n) is 3.62. The normalized spacial score (nSPS) is 10.5. The van der Waals surface area contributed by atoms with Crippen LogP contribution >= 0.6 is 0 Å². The van der Waals surface area contributed by atoms with Crippen LogP contribution in [-0.2, 0) is 6.42 Å². The first-order chi connectivity index (χ1) is 15.1. The van der Waals surface area contributed by atoms with Crippen molar-refractivity contribution in [3.8, 4) is 11.1 Å². The second-order valence-electron chi connectivity index (χ2n) is 7.17. The van der Waals surface area contributed by atoms with Gasteiger partial charge in [0.05, 0.1) is 5.56 Å². The molecule has 4 rings (SSSR count). The Balaban J connectivity index is 1.67. The standard InChI is InChI=1S/C27H21NO3/c29-26(28-25-17-9-4-12-20(25)18-19-10-2-1-3-11-19)23-15-7-5-13-21(23)22-14-6-8-16-24(22)27(30)31/h1-17H,18H2,(H,28,29)(H,30,31). The SMILES string of the molecule is O=C(O)c1ccccc1-c1ccccc1C(=O)Nc1ccccc1Cc1ccccc1. The maximum absolute atomic E-state index is 13.2. The lowest BCUT2D eigenvalue weighted by molar-refractivity contribution is 0.0697. The van der Waals surface area contributed by atoms with Crippen molar-refractivity contribution in [3.63, 3.8) is 0 Å². The van der Waals surface area contributed by atoms with Crippen molar-refractivity contribution in [1.82, 2.24) is 0 Å². The molecule has 0 bridgehead atoms. The summed E-state index contributed by atoms with van der Waals surface area (Å²) in [5.74, 6) is -1.31. The van der Waals surface area contributed by atoms with Gasteiger partial charge in [-0.25, -0.2) is 4.79 Å². The van der Waals surface area contributed by atoms with E-state index in [2.05, 4.69) is 17.4 Å². The molecule has 1 amide bonds. The van der Waals surface area contributed by atoms with Crippen molar-refractivity contribution in [2.75, 3.05) is 5.32 Å². The van der Waals surface area contributed by atoms with Gasteiger partial charge in [-0.2, -0.15) is 0 Å². The average Bonchev–Trinajstić information content (AvgIpc) is 2.81. The molecule has 4 aromatic carbocycles. The molecule has 0 aliphatic heterocycles. The molecular formula is C27H21NO3. The Hall–Kier alpha value is -4.18. The first-order valence-corrected chi connectivity index (χ1v) is 9.98. The summed E-state index contributed by atoms with van der Waals surface area (Å²) in [7, 11) is 0. The third-order valence-corrected chi connectivity index (χ3v) is 5.12. The molecule has 0 aliphatic rings. The van der Waals surface area contributed by atoms with Gasteiger partial charge in [0.2, 0.25) is 0 Å². The lowest BCUT2D eigenvalue weighted by Crippen LogP contribution is -2.15. The molecule has 0 saturated carbocycles. The minimum Gasteiger partial charge on any atom is -0.478 e. The highest BCUT2D eigenvalue weighted by atomic mass is 16.4. The highest BCUT2D eigenvalue weighted by molar-refractivity contribution is 6.10. The molecule has 0 aliphatic carbocycles. The number of anilines is 1. The molecule has 0 atom stereocenters. The zero-order valence-electron chi connectivity index (χ0n) is 16.8. The Morgan fingerprint density at radius 2 is 1.19 bits per heavy atom. The van der Waals surface area contributed by atoms with Gasteiger partial charge >= 0.3 is 5.97 Å². The van der Waals surface area contributed by atoms with Gasteiger partial charge in [-0.05, 0) is 46.9 Å². The molecule has 2 N–H and O–H groups in total. The molecule has 0 unspecified atom stereocenters. The summed E-state index contributed by atoms with van der Waals surface area (Å²) in [5, 5.41) is 12.6. The average molecular weight is 407 g/mol. The fraction of sp³-hybridized carbons (Fsp3) is 0.0370. The van der Waals surface area contributed by atoms with Gasteiger partial charge in [0.15, 0.2) is 0 Å². The van der Waals surface area contributed by atoms with E-state index in [4.69, 9.17) is 0 Å². The van der Waals surface area contributed by atoms with Crippen molar-refractivity contribution < 1.29 is 14.7 Å². The maximum Gasteiger partial charge on any atom is 0.336 e. The first kappa shape index (κ1) is 20.1. The van der Waals surface area contributed by atoms with Gasteiger partial charge < -0.3 is 10.4 Å². The number of hydrogen-bond acceptors (Lipinski definition) is 2. The van der Waals surface area contributed by atoms with Crippen LogP contribution in [0.25, 0.3) is 11.1 Å². The van der Waals surface area contributed by atoms with E-state index in [1.165, 1.54) is 0 Å². The van der Waals surface area contributed by atoms with Crippen LogP contribution in [0.4, 0.5) is 5.69 Å². The summed E-state index contributed by atoms with van der Waals surface area (Å²) >= 11 is 0. The number of hydrogen-bond donors (Lipinski definition) is 2. The predicted molar refractivity (Wildman–Crippen MR) is 122 cm³/mol. The smallest absolute Gasteiger partial charge is 0.336 e. The van der Waals surface area contributed by atoms with Crippen LogP contribution < -0.4 is 5.32 Å². The van der Waals surface area contributed by atoms with Crippen molar-refractivity contribution in [1.29, 1.82) is 0 Å². The van der Waals surface area contributed by atoms with E-state index in [1.54, 1.807) is 48.5 Å². The largest absolute Gasteiger partial charge is 0.478 e. The lowest BCUT2D eigenvalue weighted by atomic mass is 9.95.